The second kappa shape index (κ2) is 2.69. The molecule has 1 heterocycles. The maximum absolute atomic E-state index is 10.9. The van der Waals surface area contributed by atoms with Crippen molar-refractivity contribution in [2.75, 3.05) is 0 Å². The lowest BCUT2D eigenvalue weighted by Gasteiger charge is -2.32. The van der Waals surface area contributed by atoms with Crippen molar-refractivity contribution in [3.63, 3.8) is 0 Å². The number of ketones is 1. The lowest BCUT2D eigenvalue weighted by molar-refractivity contribution is -0.124. The Morgan fingerprint density at radius 2 is 2.33 bits per heavy atom. The number of carbonyl (C=O) groups is 1. The van der Waals surface area contributed by atoms with E-state index in [-0.39, 0.29) is 5.92 Å². The molecule has 1 aromatic heterocycles. The van der Waals surface area contributed by atoms with Crippen LogP contribution in [0.4, 0.5) is 0 Å². The monoisotopic (exact) mass is 165 g/mol. The predicted octanol–water partition coefficient (Wildman–Crippen LogP) is 0.818. The van der Waals surface area contributed by atoms with Crippen LogP contribution in [0.1, 0.15) is 25.8 Å². The molecule has 0 unspecified atom stereocenters. The molecule has 1 aliphatic carbocycles. The van der Waals surface area contributed by atoms with Crippen molar-refractivity contribution < 1.29 is 4.79 Å². The summed E-state index contributed by atoms with van der Waals surface area (Å²) in [5.74, 6) is 0.561. The highest BCUT2D eigenvalue weighted by atomic mass is 16.1. The average molecular weight is 165 g/mol. The Labute approximate surface area is 70.6 Å². The van der Waals surface area contributed by atoms with Gasteiger partial charge in [-0.1, -0.05) is 5.21 Å². The standard InChI is InChI=1S/C8H11N3O/c1-6(12)7-4-8(5-7)11-3-2-9-10-11/h2-3,7-8H,4-5H2,1H3. The van der Waals surface area contributed by atoms with E-state index in [9.17, 15) is 4.79 Å². The molecule has 1 saturated carbocycles. The summed E-state index contributed by atoms with van der Waals surface area (Å²) in [4.78, 5) is 10.9. The highest BCUT2D eigenvalue weighted by molar-refractivity contribution is 5.79. The quantitative estimate of drug-likeness (QED) is 0.651. The third kappa shape index (κ3) is 1.13. The van der Waals surface area contributed by atoms with Crippen LogP contribution in [0, 0.1) is 5.92 Å². The van der Waals surface area contributed by atoms with Gasteiger partial charge in [0, 0.05) is 12.1 Å². The van der Waals surface area contributed by atoms with Crippen LogP contribution >= 0.6 is 0 Å². The number of nitrogens with zero attached hydrogens (tertiary/aromatic N) is 3. The molecular weight excluding hydrogens is 154 g/mol. The Morgan fingerprint density at radius 3 is 2.83 bits per heavy atom. The summed E-state index contributed by atoms with van der Waals surface area (Å²) < 4.78 is 1.83. The minimum atomic E-state index is 0.263. The van der Waals surface area contributed by atoms with Gasteiger partial charge in [0.25, 0.3) is 0 Å². The number of rotatable bonds is 2. The van der Waals surface area contributed by atoms with Gasteiger partial charge in [0.1, 0.15) is 5.78 Å². The van der Waals surface area contributed by atoms with Gasteiger partial charge >= 0.3 is 0 Å². The van der Waals surface area contributed by atoms with Crippen LogP contribution in [0.25, 0.3) is 0 Å². The lowest BCUT2D eigenvalue weighted by atomic mass is 9.78. The molecule has 4 nitrogen and oxygen atoms in total. The summed E-state index contributed by atoms with van der Waals surface area (Å²) in [6.07, 6.45) is 5.37. The van der Waals surface area contributed by atoms with Crippen molar-refractivity contribution in [1.29, 1.82) is 0 Å². The maximum atomic E-state index is 10.9. The van der Waals surface area contributed by atoms with E-state index in [0.717, 1.165) is 12.8 Å². The predicted molar refractivity (Wildman–Crippen MR) is 42.5 cm³/mol. The second-order valence-corrected chi connectivity index (χ2v) is 3.32. The fourth-order valence-electron chi connectivity index (χ4n) is 1.55. The highest BCUT2D eigenvalue weighted by Crippen LogP contribution is 2.37. The number of hydrogen-bond donors (Lipinski definition) is 0. The van der Waals surface area contributed by atoms with Gasteiger partial charge in [-0.15, -0.1) is 5.10 Å². The van der Waals surface area contributed by atoms with Gasteiger partial charge in [-0.25, -0.2) is 4.68 Å². The molecule has 2 rings (SSSR count). The zero-order valence-corrected chi connectivity index (χ0v) is 6.97. The van der Waals surface area contributed by atoms with Crippen molar-refractivity contribution in [1.82, 2.24) is 15.0 Å². The van der Waals surface area contributed by atoms with Crippen molar-refractivity contribution in [3.05, 3.63) is 12.4 Å². The third-order valence-electron chi connectivity index (χ3n) is 2.50. The van der Waals surface area contributed by atoms with E-state index in [1.807, 2.05) is 10.9 Å². The Kier molecular flexibility index (Phi) is 1.67. The Bertz CT molecular complexity index is 275. The first-order valence-corrected chi connectivity index (χ1v) is 4.13. The molecule has 1 aliphatic rings. The number of hydrogen-bond acceptors (Lipinski definition) is 3. The van der Waals surface area contributed by atoms with E-state index < -0.39 is 0 Å². The summed E-state index contributed by atoms with van der Waals surface area (Å²) >= 11 is 0. The molecule has 64 valence electrons. The molecule has 1 fully saturated rings. The smallest absolute Gasteiger partial charge is 0.133 e. The molecule has 12 heavy (non-hydrogen) atoms. The number of carbonyl (C=O) groups excluding carboxylic acids is 1. The van der Waals surface area contributed by atoms with Crippen LogP contribution in [0.5, 0.6) is 0 Å². The van der Waals surface area contributed by atoms with Crippen LogP contribution in [0.3, 0.4) is 0 Å². The Balaban J connectivity index is 1.94. The molecule has 0 radical (unpaired) electrons. The van der Waals surface area contributed by atoms with E-state index in [0.29, 0.717) is 11.8 Å². The molecule has 1 aromatic rings. The van der Waals surface area contributed by atoms with Crippen molar-refractivity contribution in [2.24, 2.45) is 5.92 Å². The SMILES string of the molecule is CC(=O)C1CC(n2ccnn2)C1. The maximum Gasteiger partial charge on any atom is 0.133 e. The minimum absolute atomic E-state index is 0.263. The zero-order chi connectivity index (χ0) is 8.55. The number of aromatic nitrogens is 3. The molecule has 0 atom stereocenters. The van der Waals surface area contributed by atoms with Crippen LogP contribution in [0.2, 0.25) is 0 Å². The fraction of sp³-hybridized carbons (Fsp3) is 0.625. The van der Waals surface area contributed by atoms with Crippen molar-refractivity contribution >= 4 is 5.78 Å². The molecule has 0 amide bonds. The van der Waals surface area contributed by atoms with Gasteiger partial charge in [-0.2, -0.15) is 0 Å². The van der Waals surface area contributed by atoms with E-state index in [2.05, 4.69) is 10.3 Å². The largest absolute Gasteiger partial charge is 0.300 e. The normalized spacial score (nSPS) is 28.1. The molecule has 0 saturated heterocycles. The van der Waals surface area contributed by atoms with Crippen molar-refractivity contribution in [2.45, 2.75) is 25.8 Å². The fourth-order valence-corrected chi connectivity index (χ4v) is 1.55. The van der Waals surface area contributed by atoms with Gasteiger partial charge in [0.2, 0.25) is 0 Å². The molecule has 0 spiro atoms. The molecule has 0 aromatic carbocycles. The summed E-state index contributed by atoms with van der Waals surface area (Å²) in [7, 11) is 0. The second-order valence-electron chi connectivity index (χ2n) is 3.32. The van der Waals surface area contributed by atoms with E-state index in [1.165, 1.54) is 0 Å². The van der Waals surface area contributed by atoms with Gasteiger partial charge in [0.15, 0.2) is 0 Å². The summed E-state index contributed by atoms with van der Waals surface area (Å²) in [6.45, 7) is 1.65. The Morgan fingerprint density at radius 1 is 1.58 bits per heavy atom. The van der Waals surface area contributed by atoms with Gasteiger partial charge < -0.3 is 0 Å². The summed E-state index contributed by atoms with van der Waals surface area (Å²) in [6, 6.07) is 0.404. The van der Waals surface area contributed by atoms with Gasteiger partial charge in [-0.05, 0) is 19.8 Å². The average Bonchev–Trinajstić information content (AvgIpc) is 2.34. The van der Waals surface area contributed by atoms with Crippen LogP contribution in [0.15, 0.2) is 12.4 Å². The third-order valence-corrected chi connectivity index (χ3v) is 2.50. The minimum Gasteiger partial charge on any atom is -0.300 e. The molecule has 0 bridgehead atoms. The lowest BCUT2D eigenvalue weighted by Crippen LogP contribution is -2.31. The summed E-state index contributed by atoms with van der Waals surface area (Å²) in [5, 5.41) is 7.61. The number of Topliss-reactive ketones (excluding diaryl/α,β-unsaturated/α-hetero) is 1. The van der Waals surface area contributed by atoms with Crippen molar-refractivity contribution in [3.8, 4) is 0 Å². The van der Waals surface area contributed by atoms with Crippen LogP contribution in [-0.4, -0.2) is 20.8 Å². The molecule has 4 heteroatoms. The topological polar surface area (TPSA) is 47.8 Å². The molecule has 0 N–H and O–H groups in total. The molecular formula is C8H11N3O. The Hall–Kier alpha value is -1.19. The van der Waals surface area contributed by atoms with Crippen LogP contribution < -0.4 is 0 Å². The van der Waals surface area contributed by atoms with Crippen LogP contribution in [-0.2, 0) is 4.79 Å². The van der Waals surface area contributed by atoms with E-state index in [4.69, 9.17) is 0 Å². The summed E-state index contributed by atoms with van der Waals surface area (Å²) in [5.41, 5.74) is 0. The van der Waals surface area contributed by atoms with Gasteiger partial charge in [-0.3, -0.25) is 4.79 Å². The van der Waals surface area contributed by atoms with E-state index >= 15 is 0 Å². The van der Waals surface area contributed by atoms with Gasteiger partial charge in [0.05, 0.1) is 12.2 Å². The van der Waals surface area contributed by atoms with E-state index in [1.54, 1.807) is 13.1 Å². The first-order valence-electron chi connectivity index (χ1n) is 4.13. The first kappa shape index (κ1) is 7.46. The zero-order valence-electron chi connectivity index (χ0n) is 6.97. The molecule has 0 aliphatic heterocycles. The first-order chi connectivity index (χ1) is 5.77. The highest BCUT2D eigenvalue weighted by Gasteiger charge is 2.33.